The van der Waals surface area contributed by atoms with Gasteiger partial charge in [0.2, 0.25) is 5.91 Å². The van der Waals surface area contributed by atoms with E-state index in [9.17, 15) is 14.7 Å². The number of benzene rings is 1. The molecule has 0 bridgehead atoms. The zero-order valence-corrected chi connectivity index (χ0v) is 17.5. The zero-order chi connectivity index (χ0) is 20.2. The lowest BCUT2D eigenvalue weighted by molar-refractivity contribution is -0.143. The topological polar surface area (TPSA) is 57.6 Å². The van der Waals surface area contributed by atoms with E-state index >= 15 is 0 Å². The normalized spacial score (nSPS) is 25.5. The number of rotatable bonds is 7. The molecular weight excluding hydrogens is 362 g/mol. The molecule has 0 unspecified atom stereocenters. The Balaban J connectivity index is 1.39. The van der Waals surface area contributed by atoms with Gasteiger partial charge in [0.25, 0.3) is 0 Å². The fourth-order valence-corrected chi connectivity index (χ4v) is 5.45. The standard InChI is InChI=1S/C25H35NO3/c27-24(16-18-6-2-1-3-7-18)26(21-14-15-21)17-19-10-12-20(13-11-19)22-8-4-5-9-23(22)25(28)29/h10-13,18,21-23H,1-9,14-17H2,(H,28,29)/t22-,23+/m1/s1. The molecule has 1 aromatic carbocycles. The van der Waals surface area contributed by atoms with Crippen molar-refractivity contribution in [3.05, 3.63) is 35.4 Å². The van der Waals surface area contributed by atoms with Crippen LogP contribution < -0.4 is 0 Å². The van der Waals surface area contributed by atoms with Crippen molar-refractivity contribution in [3.8, 4) is 0 Å². The number of amides is 1. The average Bonchev–Trinajstić information content (AvgIpc) is 3.58. The molecule has 0 aliphatic heterocycles. The van der Waals surface area contributed by atoms with Crippen LogP contribution in [0, 0.1) is 11.8 Å². The summed E-state index contributed by atoms with van der Waals surface area (Å²) in [5, 5.41) is 9.56. The van der Waals surface area contributed by atoms with Gasteiger partial charge in [-0.3, -0.25) is 9.59 Å². The molecule has 4 nitrogen and oxygen atoms in total. The second-order valence-corrected chi connectivity index (χ2v) is 9.54. The van der Waals surface area contributed by atoms with Crippen LogP contribution >= 0.6 is 0 Å². The Hall–Kier alpha value is -1.84. The largest absolute Gasteiger partial charge is 0.481 e. The highest BCUT2D eigenvalue weighted by molar-refractivity contribution is 5.77. The van der Waals surface area contributed by atoms with Crippen LogP contribution in [0.2, 0.25) is 0 Å². The Morgan fingerprint density at radius 2 is 1.52 bits per heavy atom. The lowest BCUT2D eigenvalue weighted by Gasteiger charge is -2.29. The number of hydrogen-bond donors (Lipinski definition) is 1. The molecule has 4 rings (SSSR count). The first-order valence-corrected chi connectivity index (χ1v) is 11.7. The molecule has 1 aromatic rings. The van der Waals surface area contributed by atoms with E-state index in [1.165, 1.54) is 37.7 Å². The molecule has 1 N–H and O–H groups in total. The van der Waals surface area contributed by atoms with Gasteiger partial charge in [0.15, 0.2) is 0 Å². The van der Waals surface area contributed by atoms with Crippen LogP contribution in [-0.4, -0.2) is 27.9 Å². The molecule has 3 aliphatic rings. The minimum atomic E-state index is -0.660. The van der Waals surface area contributed by atoms with E-state index in [0.29, 0.717) is 24.4 Å². The van der Waals surface area contributed by atoms with Crippen molar-refractivity contribution in [1.82, 2.24) is 4.90 Å². The number of carbonyl (C=O) groups excluding carboxylic acids is 1. The Labute approximate surface area is 174 Å². The molecule has 0 radical (unpaired) electrons. The van der Waals surface area contributed by atoms with Gasteiger partial charge in [-0.1, -0.05) is 56.4 Å². The van der Waals surface area contributed by atoms with Gasteiger partial charge in [-0.2, -0.15) is 0 Å². The number of carboxylic acid groups (broad SMARTS) is 1. The summed E-state index contributed by atoms with van der Waals surface area (Å²) >= 11 is 0. The van der Waals surface area contributed by atoms with Gasteiger partial charge in [0.05, 0.1) is 5.92 Å². The van der Waals surface area contributed by atoms with Gasteiger partial charge in [-0.05, 0) is 61.5 Å². The van der Waals surface area contributed by atoms with Gasteiger partial charge >= 0.3 is 5.97 Å². The van der Waals surface area contributed by atoms with Crippen molar-refractivity contribution >= 4 is 11.9 Å². The summed E-state index contributed by atoms with van der Waals surface area (Å²) in [6.45, 7) is 0.698. The van der Waals surface area contributed by atoms with Crippen molar-refractivity contribution < 1.29 is 14.7 Å². The highest BCUT2D eigenvalue weighted by Crippen LogP contribution is 2.38. The van der Waals surface area contributed by atoms with Crippen molar-refractivity contribution in [3.63, 3.8) is 0 Å². The van der Waals surface area contributed by atoms with Crippen molar-refractivity contribution in [1.29, 1.82) is 0 Å². The quantitative estimate of drug-likeness (QED) is 0.660. The zero-order valence-electron chi connectivity index (χ0n) is 17.5. The van der Waals surface area contributed by atoms with E-state index in [0.717, 1.165) is 50.5 Å². The van der Waals surface area contributed by atoms with Crippen molar-refractivity contribution in [2.75, 3.05) is 0 Å². The summed E-state index contributed by atoms with van der Waals surface area (Å²) in [5.41, 5.74) is 2.31. The molecule has 158 valence electrons. The van der Waals surface area contributed by atoms with Crippen LogP contribution in [0.5, 0.6) is 0 Å². The minimum absolute atomic E-state index is 0.128. The smallest absolute Gasteiger partial charge is 0.307 e. The fraction of sp³-hybridized carbons (Fsp3) is 0.680. The fourth-order valence-electron chi connectivity index (χ4n) is 5.45. The van der Waals surface area contributed by atoms with Gasteiger partial charge in [0, 0.05) is 19.0 Å². The molecule has 3 fully saturated rings. The molecule has 0 saturated heterocycles. The Kier molecular flexibility index (Phi) is 6.56. The Morgan fingerprint density at radius 3 is 2.17 bits per heavy atom. The van der Waals surface area contributed by atoms with E-state index in [1.54, 1.807) is 0 Å². The van der Waals surface area contributed by atoms with E-state index in [2.05, 4.69) is 29.2 Å². The van der Waals surface area contributed by atoms with Gasteiger partial charge < -0.3 is 10.0 Å². The van der Waals surface area contributed by atoms with Crippen LogP contribution in [0.1, 0.15) is 94.1 Å². The van der Waals surface area contributed by atoms with E-state index in [4.69, 9.17) is 0 Å². The maximum Gasteiger partial charge on any atom is 0.307 e. The molecule has 1 amide bonds. The highest BCUT2D eigenvalue weighted by atomic mass is 16.4. The first kappa shape index (κ1) is 20.4. The molecular formula is C25H35NO3. The van der Waals surface area contributed by atoms with Gasteiger partial charge in [0.1, 0.15) is 0 Å². The predicted molar refractivity (Wildman–Crippen MR) is 114 cm³/mol. The number of aliphatic carboxylic acids is 1. The number of carboxylic acids is 1. The molecule has 0 aromatic heterocycles. The Morgan fingerprint density at radius 1 is 0.862 bits per heavy atom. The third kappa shape index (κ3) is 5.21. The van der Waals surface area contributed by atoms with E-state index in [-0.39, 0.29) is 11.8 Å². The Bertz CT molecular complexity index is 703. The van der Waals surface area contributed by atoms with Crippen LogP contribution in [0.3, 0.4) is 0 Å². The molecule has 3 saturated carbocycles. The lowest BCUT2D eigenvalue weighted by atomic mass is 9.75. The molecule has 0 heterocycles. The third-order valence-electron chi connectivity index (χ3n) is 7.34. The van der Waals surface area contributed by atoms with Crippen LogP contribution in [-0.2, 0) is 16.1 Å². The summed E-state index contributed by atoms with van der Waals surface area (Å²) in [4.78, 5) is 26.7. The molecule has 29 heavy (non-hydrogen) atoms. The summed E-state index contributed by atoms with van der Waals surface area (Å²) in [6.07, 6.45) is 13.2. The summed E-state index contributed by atoms with van der Waals surface area (Å²) < 4.78 is 0. The second-order valence-electron chi connectivity index (χ2n) is 9.54. The van der Waals surface area contributed by atoms with E-state index < -0.39 is 5.97 Å². The highest BCUT2D eigenvalue weighted by Gasteiger charge is 2.34. The van der Waals surface area contributed by atoms with Crippen LogP contribution in [0.4, 0.5) is 0 Å². The molecule has 4 heteroatoms. The average molecular weight is 398 g/mol. The van der Waals surface area contributed by atoms with Crippen molar-refractivity contribution in [2.24, 2.45) is 11.8 Å². The van der Waals surface area contributed by atoms with Crippen molar-refractivity contribution in [2.45, 2.75) is 95.6 Å². The second kappa shape index (κ2) is 9.32. The van der Waals surface area contributed by atoms with Crippen LogP contribution in [0.15, 0.2) is 24.3 Å². The third-order valence-corrected chi connectivity index (χ3v) is 7.34. The minimum Gasteiger partial charge on any atom is -0.481 e. The number of nitrogens with zero attached hydrogens (tertiary/aromatic N) is 1. The SMILES string of the molecule is O=C(O)[C@H]1CCCC[C@@H]1c1ccc(CN(C(=O)CC2CCCCC2)C2CC2)cc1. The summed E-state index contributed by atoms with van der Waals surface area (Å²) in [6, 6.07) is 8.88. The van der Waals surface area contributed by atoms with Gasteiger partial charge in [-0.25, -0.2) is 0 Å². The lowest BCUT2D eigenvalue weighted by Crippen LogP contribution is -2.34. The maximum absolute atomic E-state index is 13.0. The molecule has 0 spiro atoms. The molecule has 3 aliphatic carbocycles. The molecule has 2 atom stereocenters. The first-order valence-electron chi connectivity index (χ1n) is 11.7. The summed E-state index contributed by atoms with van der Waals surface area (Å²) in [7, 11) is 0. The number of carbonyl (C=O) groups is 2. The number of hydrogen-bond acceptors (Lipinski definition) is 2. The van der Waals surface area contributed by atoms with Crippen LogP contribution in [0.25, 0.3) is 0 Å². The monoisotopic (exact) mass is 397 g/mol. The summed E-state index contributed by atoms with van der Waals surface area (Å²) in [5.74, 6) is 0.130. The predicted octanol–water partition coefficient (Wildman–Crippen LogP) is 5.51. The van der Waals surface area contributed by atoms with Gasteiger partial charge in [-0.15, -0.1) is 0 Å². The van der Waals surface area contributed by atoms with E-state index in [1.807, 2.05) is 0 Å². The first-order chi connectivity index (χ1) is 14.1. The maximum atomic E-state index is 13.0.